The summed E-state index contributed by atoms with van der Waals surface area (Å²) < 4.78 is 4.99. The van der Waals surface area contributed by atoms with Gasteiger partial charge in [-0.15, -0.1) is 0 Å². The summed E-state index contributed by atoms with van der Waals surface area (Å²) >= 11 is 3.14. The van der Waals surface area contributed by atoms with Crippen molar-refractivity contribution >= 4 is 32.9 Å². The van der Waals surface area contributed by atoms with Crippen molar-refractivity contribution in [1.29, 1.82) is 0 Å². The molecule has 0 aliphatic rings. The first-order valence-corrected chi connectivity index (χ1v) is 4.87. The molecule has 0 bridgehead atoms. The zero-order valence-corrected chi connectivity index (χ0v) is 9.33. The number of imidazole rings is 1. The van der Waals surface area contributed by atoms with Crippen molar-refractivity contribution < 1.29 is 14.6 Å². The molecule has 0 unspecified atom stereocenters. The number of hydrogen-bond acceptors (Lipinski definition) is 4. The molecule has 0 spiro atoms. The fourth-order valence-electron chi connectivity index (χ4n) is 1.34. The van der Waals surface area contributed by atoms with Crippen molar-refractivity contribution in [3.8, 4) is 5.75 Å². The zero-order chi connectivity index (χ0) is 11.0. The fourth-order valence-corrected chi connectivity index (χ4v) is 1.76. The summed E-state index contributed by atoms with van der Waals surface area (Å²) in [5.41, 5.74) is 1.10. The molecule has 0 saturated heterocycles. The van der Waals surface area contributed by atoms with Gasteiger partial charge in [-0.3, -0.25) is 0 Å². The van der Waals surface area contributed by atoms with Crippen molar-refractivity contribution in [1.82, 2.24) is 9.97 Å². The van der Waals surface area contributed by atoms with Gasteiger partial charge in [0.1, 0.15) is 16.8 Å². The standard InChI is InChI=1S/C9H7BrN2O3/c1-15-9(14)6-7-5(11-3-12-7)2-4(10)8(6)13/h2-3,13H,1H3,(H,11,12). The summed E-state index contributed by atoms with van der Waals surface area (Å²) in [6, 6.07) is 1.64. The number of fused-ring (bicyclic) bond motifs is 1. The van der Waals surface area contributed by atoms with Gasteiger partial charge in [-0.05, 0) is 22.0 Å². The number of H-pyrrole nitrogens is 1. The lowest BCUT2D eigenvalue weighted by Gasteiger charge is -2.05. The predicted molar refractivity (Wildman–Crippen MR) is 56.8 cm³/mol. The van der Waals surface area contributed by atoms with Gasteiger partial charge in [-0.25, -0.2) is 9.78 Å². The molecule has 0 aliphatic carbocycles. The van der Waals surface area contributed by atoms with E-state index in [1.54, 1.807) is 6.07 Å². The highest BCUT2D eigenvalue weighted by Gasteiger charge is 2.20. The Bertz CT molecular complexity index is 535. The Labute approximate surface area is 93.2 Å². The van der Waals surface area contributed by atoms with Gasteiger partial charge in [0.15, 0.2) is 0 Å². The molecule has 6 heteroatoms. The number of nitrogens with zero attached hydrogens (tertiary/aromatic N) is 1. The van der Waals surface area contributed by atoms with Crippen LogP contribution in [0.1, 0.15) is 10.4 Å². The second-order valence-electron chi connectivity index (χ2n) is 2.87. The van der Waals surface area contributed by atoms with Crippen molar-refractivity contribution in [2.45, 2.75) is 0 Å². The molecule has 0 saturated carbocycles. The summed E-state index contributed by atoms with van der Waals surface area (Å²) in [5, 5.41) is 9.71. The number of esters is 1. The zero-order valence-electron chi connectivity index (χ0n) is 7.74. The Kier molecular flexibility index (Phi) is 2.36. The van der Waals surface area contributed by atoms with Gasteiger partial charge in [0.25, 0.3) is 0 Å². The third-order valence-corrected chi connectivity index (χ3v) is 2.63. The monoisotopic (exact) mass is 270 g/mol. The van der Waals surface area contributed by atoms with E-state index in [1.807, 2.05) is 0 Å². The number of hydrogen-bond donors (Lipinski definition) is 2. The van der Waals surface area contributed by atoms with E-state index in [0.29, 0.717) is 15.5 Å². The molecule has 5 nitrogen and oxygen atoms in total. The lowest BCUT2D eigenvalue weighted by Crippen LogP contribution is -2.03. The van der Waals surface area contributed by atoms with Crippen molar-refractivity contribution in [3.63, 3.8) is 0 Å². The number of phenolic OH excluding ortho intramolecular Hbond substituents is 1. The number of aromatic hydroxyl groups is 1. The lowest BCUT2D eigenvalue weighted by molar-refractivity contribution is 0.0599. The summed E-state index contributed by atoms with van der Waals surface area (Å²) in [6.07, 6.45) is 1.45. The normalized spacial score (nSPS) is 10.5. The van der Waals surface area contributed by atoms with Crippen LogP contribution in [0.4, 0.5) is 0 Å². The Balaban J connectivity index is 2.83. The smallest absolute Gasteiger partial charge is 0.343 e. The van der Waals surface area contributed by atoms with Crippen LogP contribution in [0, 0.1) is 0 Å². The van der Waals surface area contributed by atoms with Crippen LogP contribution < -0.4 is 0 Å². The highest BCUT2D eigenvalue weighted by Crippen LogP contribution is 2.33. The van der Waals surface area contributed by atoms with Gasteiger partial charge >= 0.3 is 5.97 Å². The first-order valence-electron chi connectivity index (χ1n) is 4.08. The van der Waals surface area contributed by atoms with E-state index < -0.39 is 5.97 Å². The molecular formula is C9H7BrN2O3. The minimum Gasteiger partial charge on any atom is -0.506 e. The maximum atomic E-state index is 11.4. The van der Waals surface area contributed by atoms with E-state index in [-0.39, 0.29) is 11.3 Å². The number of phenols is 1. The molecule has 0 fully saturated rings. The SMILES string of the molecule is COC(=O)c1c(O)c(Br)cc2[nH]cnc12. The number of aromatic amines is 1. The number of aromatic nitrogens is 2. The van der Waals surface area contributed by atoms with Crippen LogP contribution in [-0.2, 0) is 4.74 Å². The number of methoxy groups -OCH3 is 1. The third kappa shape index (κ3) is 1.46. The lowest BCUT2D eigenvalue weighted by atomic mass is 10.1. The van der Waals surface area contributed by atoms with Crippen LogP contribution in [0.3, 0.4) is 0 Å². The molecule has 2 N–H and O–H groups in total. The Morgan fingerprint density at radius 1 is 1.67 bits per heavy atom. The van der Waals surface area contributed by atoms with E-state index in [0.717, 1.165) is 0 Å². The largest absolute Gasteiger partial charge is 0.506 e. The number of benzene rings is 1. The number of carbonyl (C=O) groups excluding carboxylic acids is 1. The summed E-state index contributed by atoms with van der Waals surface area (Å²) in [7, 11) is 1.25. The average Bonchev–Trinajstić information content (AvgIpc) is 2.66. The van der Waals surface area contributed by atoms with Crippen LogP contribution in [-0.4, -0.2) is 28.2 Å². The minimum atomic E-state index is -0.620. The minimum absolute atomic E-state index is 0.0584. The van der Waals surface area contributed by atoms with E-state index in [9.17, 15) is 9.90 Å². The van der Waals surface area contributed by atoms with Gasteiger partial charge < -0.3 is 14.8 Å². The molecule has 2 aromatic rings. The van der Waals surface area contributed by atoms with Crippen LogP contribution in [0.25, 0.3) is 11.0 Å². The van der Waals surface area contributed by atoms with E-state index >= 15 is 0 Å². The van der Waals surface area contributed by atoms with Crippen molar-refractivity contribution in [2.24, 2.45) is 0 Å². The molecular weight excluding hydrogens is 264 g/mol. The van der Waals surface area contributed by atoms with Gasteiger partial charge in [-0.2, -0.15) is 0 Å². The van der Waals surface area contributed by atoms with E-state index in [1.165, 1.54) is 13.4 Å². The van der Waals surface area contributed by atoms with E-state index in [2.05, 4.69) is 30.6 Å². The number of carbonyl (C=O) groups is 1. The molecule has 0 aliphatic heterocycles. The molecule has 1 aromatic heterocycles. The molecule has 15 heavy (non-hydrogen) atoms. The number of nitrogens with one attached hydrogen (secondary N) is 1. The fraction of sp³-hybridized carbons (Fsp3) is 0.111. The molecule has 0 atom stereocenters. The Morgan fingerprint density at radius 2 is 2.40 bits per heavy atom. The maximum Gasteiger partial charge on any atom is 0.343 e. The Hall–Kier alpha value is -1.56. The highest BCUT2D eigenvalue weighted by molar-refractivity contribution is 9.10. The van der Waals surface area contributed by atoms with Gasteiger partial charge in [-0.1, -0.05) is 0 Å². The topological polar surface area (TPSA) is 75.2 Å². The first kappa shape index (κ1) is 9.97. The predicted octanol–water partition coefficient (Wildman–Crippen LogP) is 1.82. The second kappa shape index (κ2) is 3.54. The molecule has 1 heterocycles. The van der Waals surface area contributed by atoms with Crippen LogP contribution >= 0.6 is 15.9 Å². The molecule has 78 valence electrons. The number of ether oxygens (including phenoxy) is 1. The molecule has 2 rings (SSSR count). The first-order chi connectivity index (χ1) is 7.15. The highest BCUT2D eigenvalue weighted by atomic mass is 79.9. The van der Waals surface area contributed by atoms with Gasteiger partial charge in [0.05, 0.1) is 23.4 Å². The third-order valence-electron chi connectivity index (χ3n) is 2.03. The van der Waals surface area contributed by atoms with Gasteiger partial charge in [0.2, 0.25) is 0 Å². The average molecular weight is 271 g/mol. The molecule has 0 radical (unpaired) electrons. The van der Waals surface area contributed by atoms with Gasteiger partial charge in [0, 0.05) is 0 Å². The van der Waals surface area contributed by atoms with Crippen LogP contribution in [0.2, 0.25) is 0 Å². The Morgan fingerprint density at radius 3 is 3.07 bits per heavy atom. The second-order valence-corrected chi connectivity index (χ2v) is 3.73. The van der Waals surface area contributed by atoms with E-state index in [4.69, 9.17) is 0 Å². The number of halogens is 1. The van der Waals surface area contributed by atoms with Crippen molar-refractivity contribution in [2.75, 3.05) is 7.11 Å². The number of rotatable bonds is 1. The molecule has 0 amide bonds. The quantitative estimate of drug-likeness (QED) is 0.776. The van der Waals surface area contributed by atoms with Crippen LogP contribution in [0.15, 0.2) is 16.9 Å². The van der Waals surface area contributed by atoms with Crippen LogP contribution in [0.5, 0.6) is 5.75 Å². The summed E-state index contributed by atoms with van der Waals surface area (Å²) in [6.45, 7) is 0. The van der Waals surface area contributed by atoms with Crippen molar-refractivity contribution in [3.05, 3.63) is 22.4 Å². The summed E-state index contributed by atoms with van der Waals surface area (Å²) in [4.78, 5) is 18.2. The summed E-state index contributed by atoms with van der Waals surface area (Å²) in [5.74, 6) is -0.785. The maximum absolute atomic E-state index is 11.4. The molecule has 1 aromatic carbocycles.